The van der Waals surface area contributed by atoms with E-state index in [0.29, 0.717) is 18.0 Å². The van der Waals surface area contributed by atoms with Crippen molar-refractivity contribution in [3.63, 3.8) is 0 Å². The number of carbonyl (C=O) groups is 2. The Morgan fingerprint density at radius 2 is 2.26 bits per heavy atom. The molecule has 1 aromatic rings. The number of rotatable bonds is 5. The van der Waals surface area contributed by atoms with Crippen LogP contribution in [-0.4, -0.2) is 40.2 Å². The lowest BCUT2D eigenvalue weighted by Gasteiger charge is -2.23. The highest BCUT2D eigenvalue weighted by molar-refractivity contribution is 6.08. The second-order valence-corrected chi connectivity index (χ2v) is 6.04. The molecule has 1 aliphatic heterocycles. The molecule has 2 atom stereocenters. The van der Waals surface area contributed by atoms with Crippen molar-refractivity contribution < 1.29 is 14.3 Å². The predicted octanol–water partition coefficient (Wildman–Crippen LogP) is 2.06. The normalized spacial score (nSPS) is 23.5. The molecule has 0 radical (unpaired) electrons. The first-order chi connectivity index (χ1) is 11.1. The Balaban J connectivity index is 1.90. The van der Waals surface area contributed by atoms with Crippen molar-refractivity contribution in [3.05, 3.63) is 29.6 Å². The summed E-state index contributed by atoms with van der Waals surface area (Å²) in [5, 5.41) is 6.07. The fraction of sp³-hybridized carbons (Fsp3) is 0.529. The van der Waals surface area contributed by atoms with Crippen LogP contribution in [0.25, 0.3) is 0 Å². The van der Waals surface area contributed by atoms with E-state index in [1.54, 1.807) is 11.9 Å². The van der Waals surface area contributed by atoms with Gasteiger partial charge in [0.25, 0.3) is 0 Å². The summed E-state index contributed by atoms with van der Waals surface area (Å²) in [6.45, 7) is 3.97. The number of pyridine rings is 1. The quantitative estimate of drug-likeness (QED) is 0.616. The number of amides is 1. The van der Waals surface area contributed by atoms with E-state index in [4.69, 9.17) is 4.74 Å². The largest absolute Gasteiger partial charge is 0.466 e. The molecular weight excluding hydrogens is 294 g/mol. The molecule has 1 aromatic heterocycles. The minimum Gasteiger partial charge on any atom is -0.466 e. The van der Waals surface area contributed by atoms with Crippen LogP contribution in [0.4, 0.5) is 0 Å². The van der Waals surface area contributed by atoms with Gasteiger partial charge in [0.2, 0.25) is 5.91 Å². The van der Waals surface area contributed by atoms with Gasteiger partial charge in [0.15, 0.2) is 0 Å². The lowest BCUT2D eigenvalue weighted by atomic mass is 10.1. The van der Waals surface area contributed by atoms with Crippen LogP contribution in [0.2, 0.25) is 0 Å². The smallest absolute Gasteiger partial charge is 0.312 e. The van der Waals surface area contributed by atoms with E-state index < -0.39 is 0 Å². The molecule has 0 aromatic carbocycles. The van der Waals surface area contributed by atoms with Crippen molar-refractivity contribution in [1.29, 1.82) is 0 Å². The first-order valence-corrected chi connectivity index (χ1v) is 8.08. The third-order valence-corrected chi connectivity index (χ3v) is 4.36. The van der Waals surface area contributed by atoms with E-state index in [0.717, 1.165) is 25.0 Å². The fourth-order valence-corrected chi connectivity index (χ4v) is 3.26. The number of piperidine rings is 1. The second kappa shape index (κ2) is 6.48. The molecule has 122 valence electrons. The zero-order valence-corrected chi connectivity index (χ0v) is 13.5. The van der Waals surface area contributed by atoms with E-state index in [1.807, 2.05) is 25.1 Å². The van der Waals surface area contributed by atoms with Gasteiger partial charge in [-0.3, -0.25) is 14.6 Å². The molecule has 2 fully saturated rings. The summed E-state index contributed by atoms with van der Waals surface area (Å²) in [4.78, 5) is 28.6. The molecule has 6 nitrogen and oxygen atoms in total. The number of ether oxygens (including phenoxy) is 1. The molecule has 2 aliphatic rings. The molecule has 23 heavy (non-hydrogen) atoms. The maximum atomic E-state index is 12.3. The van der Waals surface area contributed by atoms with Crippen molar-refractivity contribution in [2.24, 2.45) is 11.0 Å². The predicted molar refractivity (Wildman–Crippen MR) is 84.7 cm³/mol. The average Bonchev–Trinajstić information content (AvgIpc) is 3.10. The number of aryl methyl sites for hydroxylation is 1. The van der Waals surface area contributed by atoms with Crippen molar-refractivity contribution in [2.75, 3.05) is 6.61 Å². The van der Waals surface area contributed by atoms with Crippen LogP contribution in [0.3, 0.4) is 0 Å². The summed E-state index contributed by atoms with van der Waals surface area (Å²) in [7, 11) is 0. The molecule has 6 heteroatoms. The highest BCUT2D eigenvalue weighted by Gasteiger charge is 2.45. The Labute approximate surface area is 135 Å². The maximum absolute atomic E-state index is 12.3. The van der Waals surface area contributed by atoms with Crippen LogP contribution in [0, 0.1) is 12.8 Å². The van der Waals surface area contributed by atoms with Crippen LogP contribution in [-0.2, 0) is 14.3 Å². The number of carbonyl (C=O) groups excluding carboxylic acids is 2. The molecule has 3 rings (SSSR count). The highest BCUT2D eigenvalue weighted by atomic mass is 16.5. The number of aromatic nitrogens is 1. The summed E-state index contributed by atoms with van der Waals surface area (Å²) in [5.74, 6) is -0.195. The van der Waals surface area contributed by atoms with Crippen LogP contribution < -0.4 is 0 Å². The van der Waals surface area contributed by atoms with Gasteiger partial charge in [0.05, 0.1) is 30.5 Å². The Hall–Kier alpha value is -2.24. The molecule has 1 saturated carbocycles. The average molecular weight is 315 g/mol. The molecule has 1 saturated heterocycles. The molecule has 0 N–H and O–H groups in total. The Kier molecular flexibility index (Phi) is 4.41. The van der Waals surface area contributed by atoms with Gasteiger partial charge in [0, 0.05) is 11.6 Å². The van der Waals surface area contributed by atoms with Gasteiger partial charge in [-0.15, -0.1) is 0 Å². The lowest BCUT2D eigenvalue weighted by molar-refractivity contribution is -0.141. The number of hydrogen-bond acceptors (Lipinski definition) is 5. The monoisotopic (exact) mass is 315 g/mol. The minimum absolute atomic E-state index is 0.0193. The van der Waals surface area contributed by atoms with Crippen LogP contribution >= 0.6 is 0 Å². The molecular formula is C17H21N3O3. The van der Waals surface area contributed by atoms with Crippen molar-refractivity contribution in [1.82, 2.24) is 9.99 Å². The molecule has 2 unspecified atom stereocenters. The number of hydrogen-bond donors (Lipinski definition) is 0. The third-order valence-electron chi connectivity index (χ3n) is 4.36. The van der Waals surface area contributed by atoms with E-state index in [2.05, 4.69) is 10.1 Å². The molecule has 1 amide bonds. The molecule has 2 bridgehead atoms. The van der Waals surface area contributed by atoms with Gasteiger partial charge in [-0.25, -0.2) is 5.01 Å². The molecule has 1 aliphatic carbocycles. The van der Waals surface area contributed by atoms with Gasteiger partial charge >= 0.3 is 5.97 Å². The van der Waals surface area contributed by atoms with Gasteiger partial charge in [-0.2, -0.15) is 5.10 Å². The number of esters is 1. The van der Waals surface area contributed by atoms with Crippen LogP contribution in [0.15, 0.2) is 23.3 Å². The van der Waals surface area contributed by atoms with E-state index in [9.17, 15) is 9.59 Å². The lowest BCUT2D eigenvalue weighted by Crippen LogP contribution is -2.34. The summed E-state index contributed by atoms with van der Waals surface area (Å²) < 4.78 is 5.03. The van der Waals surface area contributed by atoms with Gasteiger partial charge in [0.1, 0.15) is 0 Å². The van der Waals surface area contributed by atoms with Crippen LogP contribution in [0.1, 0.15) is 44.0 Å². The Morgan fingerprint density at radius 3 is 2.91 bits per heavy atom. The van der Waals surface area contributed by atoms with Crippen molar-refractivity contribution in [2.45, 2.75) is 45.6 Å². The minimum atomic E-state index is -0.355. The summed E-state index contributed by atoms with van der Waals surface area (Å²) in [6.07, 6.45) is 2.82. The Morgan fingerprint density at radius 1 is 1.43 bits per heavy atom. The van der Waals surface area contributed by atoms with Gasteiger partial charge in [-0.1, -0.05) is 6.07 Å². The maximum Gasteiger partial charge on any atom is 0.312 e. The first kappa shape index (κ1) is 15.6. The first-order valence-electron chi connectivity index (χ1n) is 8.08. The van der Waals surface area contributed by atoms with Crippen molar-refractivity contribution >= 4 is 17.6 Å². The second-order valence-electron chi connectivity index (χ2n) is 6.04. The summed E-state index contributed by atoms with van der Waals surface area (Å²) in [5.41, 5.74) is 1.95. The zero-order chi connectivity index (χ0) is 16.4. The standard InChI is InChI=1S/C17H21N3O3/c1-3-23-16(21)10-15(14-6-4-5-11(2)18-14)19-20-13-8-7-12(9-13)17(20)22/h4-6,12-13H,3,7-10H2,1-2H3/b19-15-. The van der Waals surface area contributed by atoms with Gasteiger partial charge in [-0.05, 0) is 45.2 Å². The fourth-order valence-electron chi connectivity index (χ4n) is 3.26. The topological polar surface area (TPSA) is 71.9 Å². The number of nitrogens with zero attached hydrogens (tertiary/aromatic N) is 3. The number of fused-ring (bicyclic) bond motifs is 2. The highest BCUT2D eigenvalue weighted by Crippen LogP contribution is 2.38. The van der Waals surface area contributed by atoms with Crippen LogP contribution in [0.5, 0.6) is 0 Å². The van der Waals surface area contributed by atoms with Gasteiger partial charge < -0.3 is 4.74 Å². The Bertz CT molecular complexity index is 656. The van der Waals surface area contributed by atoms with E-state index in [1.165, 1.54) is 0 Å². The number of hydrazone groups is 1. The van der Waals surface area contributed by atoms with Crippen molar-refractivity contribution in [3.8, 4) is 0 Å². The van der Waals surface area contributed by atoms with E-state index >= 15 is 0 Å². The van der Waals surface area contributed by atoms with E-state index in [-0.39, 0.29) is 30.3 Å². The zero-order valence-electron chi connectivity index (χ0n) is 13.5. The third kappa shape index (κ3) is 3.25. The summed E-state index contributed by atoms with van der Waals surface area (Å²) >= 11 is 0. The summed E-state index contributed by atoms with van der Waals surface area (Å²) in [6, 6.07) is 5.73. The molecule has 0 spiro atoms. The molecule has 2 heterocycles. The SMILES string of the molecule is CCOC(=O)C/C(=N/N1C(=O)C2CCC1C2)c1cccc(C)n1.